The van der Waals surface area contributed by atoms with Gasteiger partial charge in [-0.2, -0.15) is 0 Å². The van der Waals surface area contributed by atoms with Crippen LogP contribution in [0.3, 0.4) is 0 Å². The number of nitrogens with zero attached hydrogens (tertiary/aromatic N) is 1. The van der Waals surface area contributed by atoms with E-state index in [0.717, 1.165) is 11.8 Å². The molecule has 1 nitrogen and oxygen atoms in total. The summed E-state index contributed by atoms with van der Waals surface area (Å²) in [5, 5.41) is 2.57. The van der Waals surface area contributed by atoms with Gasteiger partial charge in [-0.15, -0.1) is 0 Å². The molecular weight excluding hydrogens is 687 g/mol. The molecule has 3 unspecified atom stereocenters. The van der Waals surface area contributed by atoms with Crippen LogP contribution in [-0.4, -0.2) is 0 Å². The van der Waals surface area contributed by atoms with E-state index in [0.29, 0.717) is 11.8 Å². The minimum absolute atomic E-state index is 0.147. The first-order valence-electron chi connectivity index (χ1n) is 21.9. The van der Waals surface area contributed by atoms with Crippen molar-refractivity contribution < 1.29 is 0 Å². The number of benzene rings is 7. The Morgan fingerprint density at radius 3 is 2.00 bits per heavy atom. The van der Waals surface area contributed by atoms with Gasteiger partial charge in [-0.3, -0.25) is 0 Å². The lowest BCUT2D eigenvalue weighted by Crippen LogP contribution is -2.17. The van der Waals surface area contributed by atoms with E-state index in [1.54, 1.807) is 0 Å². The molecule has 3 saturated carbocycles. The minimum Gasteiger partial charge on any atom is -0.310 e. The highest BCUT2D eigenvalue weighted by Crippen LogP contribution is 2.56. The second kappa shape index (κ2) is 13.9. The smallest absolute Gasteiger partial charge is 0.0471 e. The molecule has 3 atom stereocenters. The predicted octanol–water partition coefficient (Wildman–Crippen LogP) is 15.9. The molecule has 0 saturated heterocycles. The zero-order valence-corrected chi connectivity index (χ0v) is 33.6. The Hall–Kier alpha value is -5.40. The van der Waals surface area contributed by atoms with E-state index >= 15 is 0 Å². The van der Waals surface area contributed by atoms with Crippen molar-refractivity contribution in [1.82, 2.24) is 0 Å². The number of hydrogen-bond acceptors (Lipinski definition) is 1. The number of fused-ring (bicyclic) bond motifs is 6. The summed E-state index contributed by atoms with van der Waals surface area (Å²) in [6.07, 6.45) is 12.4. The highest BCUT2D eigenvalue weighted by molar-refractivity contribution is 6.04. The topological polar surface area (TPSA) is 3.24 Å². The van der Waals surface area contributed by atoms with Crippen LogP contribution >= 0.6 is 0 Å². The number of anilines is 3. The van der Waals surface area contributed by atoms with Crippen LogP contribution in [0.1, 0.15) is 106 Å². The summed E-state index contributed by atoms with van der Waals surface area (Å²) in [6.45, 7) is 4.83. The monoisotopic (exact) mass is 739 g/mol. The maximum absolute atomic E-state index is 2.53. The van der Waals surface area contributed by atoms with Crippen molar-refractivity contribution in [1.29, 1.82) is 0 Å². The Kier molecular flexibility index (Phi) is 8.50. The van der Waals surface area contributed by atoms with Gasteiger partial charge in [0.05, 0.1) is 0 Å². The van der Waals surface area contributed by atoms with E-state index in [4.69, 9.17) is 0 Å². The average molecular weight is 740 g/mol. The van der Waals surface area contributed by atoms with Crippen molar-refractivity contribution in [3.63, 3.8) is 0 Å². The minimum atomic E-state index is -0.147. The first kappa shape index (κ1) is 34.8. The Labute approximate surface area is 339 Å². The predicted molar refractivity (Wildman–Crippen MR) is 241 cm³/mol. The van der Waals surface area contributed by atoms with E-state index in [1.165, 1.54) is 141 Å². The van der Waals surface area contributed by atoms with Gasteiger partial charge in [-0.1, -0.05) is 155 Å². The van der Waals surface area contributed by atoms with Gasteiger partial charge in [-0.05, 0) is 159 Å². The van der Waals surface area contributed by atoms with Crippen molar-refractivity contribution >= 4 is 27.8 Å². The summed E-state index contributed by atoms with van der Waals surface area (Å²) >= 11 is 0. The Bertz CT molecular complexity index is 2600. The summed E-state index contributed by atoms with van der Waals surface area (Å²) in [7, 11) is 0. The molecule has 4 aliphatic rings. The molecule has 57 heavy (non-hydrogen) atoms. The molecule has 0 aromatic heterocycles. The fourth-order valence-corrected chi connectivity index (χ4v) is 11.8. The van der Waals surface area contributed by atoms with Gasteiger partial charge in [0.1, 0.15) is 0 Å². The van der Waals surface area contributed by atoms with Crippen LogP contribution in [0.4, 0.5) is 17.1 Å². The number of rotatable bonds is 7. The third kappa shape index (κ3) is 5.96. The summed E-state index contributed by atoms with van der Waals surface area (Å²) in [6, 6.07) is 58.3. The van der Waals surface area contributed by atoms with E-state index in [1.807, 2.05) is 0 Å². The first-order chi connectivity index (χ1) is 28.0. The normalized spacial score (nSPS) is 20.8. The molecule has 0 N–H and O–H groups in total. The summed E-state index contributed by atoms with van der Waals surface area (Å²) < 4.78 is 0. The quantitative estimate of drug-likeness (QED) is 0.157. The molecule has 1 heteroatoms. The lowest BCUT2D eigenvalue weighted by atomic mass is 9.81. The largest absolute Gasteiger partial charge is 0.310 e. The fourth-order valence-electron chi connectivity index (χ4n) is 11.8. The maximum Gasteiger partial charge on any atom is 0.0471 e. The highest BCUT2D eigenvalue weighted by Gasteiger charge is 2.40. The molecule has 282 valence electrons. The van der Waals surface area contributed by atoms with Crippen molar-refractivity contribution in [3.8, 4) is 33.4 Å². The van der Waals surface area contributed by atoms with E-state index in [9.17, 15) is 0 Å². The fraction of sp³-hybridized carbons (Fsp3) is 0.286. The van der Waals surface area contributed by atoms with Crippen molar-refractivity contribution in [2.75, 3.05) is 4.90 Å². The van der Waals surface area contributed by atoms with E-state index < -0.39 is 0 Å². The zero-order chi connectivity index (χ0) is 38.1. The molecule has 3 fully saturated rings. The second-order valence-corrected chi connectivity index (χ2v) is 18.3. The molecule has 0 heterocycles. The van der Waals surface area contributed by atoms with E-state index in [2.05, 4.69) is 170 Å². The van der Waals surface area contributed by atoms with Crippen LogP contribution in [0.2, 0.25) is 0 Å². The zero-order valence-electron chi connectivity index (χ0n) is 33.6. The van der Waals surface area contributed by atoms with Crippen molar-refractivity contribution in [3.05, 3.63) is 174 Å². The molecule has 11 rings (SSSR count). The van der Waals surface area contributed by atoms with Gasteiger partial charge >= 0.3 is 0 Å². The molecule has 7 aromatic carbocycles. The molecule has 7 aromatic rings. The molecule has 0 amide bonds. The van der Waals surface area contributed by atoms with Gasteiger partial charge in [-0.25, -0.2) is 0 Å². The Balaban J connectivity index is 1.07. The van der Waals surface area contributed by atoms with Crippen molar-refractivity contribution in [2.24, 2.45) is 11.8 Å². The SMILES string of the molecule is CC1(C)c2ccccc2-c2c(-c3cccc4ccccc34)cc(N(c3ccc(-c4cccc(C5CCCCC5)c4)cc3)c3ccc(C4CC5CCC4C5)cc3)cc21. The van der Waals surface area contributed by atoms with Crippen LogP contribution in [0.15, 0.2) is 152 Å². The lowest BCUT2D eigenvalue weighted by Gasteiger charge is -2.30. The summed E-state index contributed by atoms with van der Waals surface area (Å²) in [5.74, 6) is 3.21. The van der Waals surface area contributed by atoms with E-state index in [-0.39, 0.29) is 5.41 Å². The van der Waals surface area contributed by atoms with Gasteiger partial charge < -0.3 is 4.90 Å². The van der Waals surface area contributed by atoms with Gasteiger partial charge in [0.25, 0.3) is 0 Å². The highest BCUT2D eigenvalue weighted by atomic mass is 15.1. The molecule has 0 spiro atoms. The van der Waals surface area contributed by atoms with Crippen LogP contribution in [0, 0.1) is 11.8 Å². The molecule has 4 aliphatic carbocycles. The van der Waals surface area contributed by atoms with Crippen LogP contribution in [0.5, 0.6) is 0 Å². The van der Waals surface area contributed by atoms with Gasteiger partial charge in [0, 0.05) is 22.5 Å². The van der Waals surface area contributed by atoms with Crippen LogP contribution in [-0.2, 0) is 5.41 Å². The Morgan fingerprint density at radius 2 is 1.21 bits per heavy atom. The van der Waals surface area contributed by atoms with Crippen LogP contribution in [0.25, 0.3) is 44.2 Å². The molecule has 0 radical (unpaired) electrons. The summed E-state index contributed by atoms with van der Waals surface area (Å²) in [5.41, 5.74) is 17.2. The second-order valence-electron chi connectivity index (χ2n) is 18.3. The maximum atomic E-state index is 2.53. The standard InChI is InChI=1S/C56H53N/c1-56(2)53-21-9-8-19-50(53)55-52(49-20-11-15-40-14-6-7-18-48(40)49)35-47(36-54(55)56)57(46-30-26-41(27-31-46)51-33-37-22-23-44(51)32-37)45-28-24-39(25-29-45)43-17-10-16-42(34-43)38-12-4-3-5-13-38/h6-11,14-21,24-31,34-38,44,51H,3-5,12-13,22-23,32-33H2,1-2H3. The summed E-state index contributed by atoms with van der Waals surface area (Å²) in [4.78, 5) is 2.53. The Morgan fingerprint density at radius 1 is 0.491 bits per heavy atom. The lowest BCUT2D eigenvalue weighted by molar-refractivity contribution is 0.420. The van der Waals surface area contributed by atoms with Gasteiger partial charge in [0.2, 0.25) is 0 Å². The average Bonchev–Trinajstić information content (AvgIpc) is 3.97. The molecule has 2 bridgehead atoms. The van der Waals surface area contributed by atoms with Crippen molar-refractivity contribution in [2.45, 2.75) is 88.9 Å². The number of hydrogen-bond donors (Lipinski definition) is 0. The molecular formula is C56H53N. The molecule has 0 aliphatic heterocycles. The van der Waals surface area contributed by atoms with Gasteiger partial charge in [0.15, 0.2) is 0 Å². The van der Waals surface area contributed by atoms with Crippen LogP contribution < -0.4 is 4.90 Å². The third-order valence-corrected chi connectivity index (χ3v) is 14.7. The first-order valence-corrected chi connectivity index (χ1v) is 21.9. The third-order valence-electron chi connectivity index (χ3n) is 14.7.